The van der Waals surface area contributed by atoms with Gasteiger partial charge in [-0.05, 0) is 5.92 Å². The summed E-state index contributed by atoms with van der Waals surface area (Å²) in [5, 5.41) is 0. The van der Waals surface area contributed by atoms with E-state index in [4.69, 9.17) is 0 Å². The first-order valence-corrected chi connectivity index (χ1v) is 3.09. The van der Waals surface area contributed by atoms with Gasteiger partial charge in [0, 0.05) is 0 Å². The predicted octanol–water partition coefficient (Wildman–Crippen LogP) is 3.01. The zero-order chi connectivity index (χ0) is 8.36. The lowest BCUT2D eigenvalue weighted by Gasteiger charge is -2.19. The average Bonchev–Trinajstić information content (AvgIpc) is 1.60. The van der Waals surface area contributed by atoms with Crippen molar-refractivity contribution in [2.75, 3.05) is 0 Å². The maximum Gasteiger partial charge on any atom is 0.395 e. The minimum absolute atomic E-state index is 0.419. The van der Waals surface area contributed by atoms with Crippen LogP contribution < -0.4 is 0 Å². The van der Waals surface area contributed by atoms with Gasteiger partial charge >= 0.3 is 6.18 Å². The third-order valence-corrected chi connectivity index (χ3v) is 1.35. The Labute approximate surface area is 58.7 Å². The van der Waals surface area contributed by atoms with Gasteiger partial charge in [0.25, 0.3) is 0 Å². The van der Waals surface area contributed by atoms with Gasteiger partial charge in [0.1, 0.15) is 0 Å². The Morgan fingerprint density at radius 1 is 1.30 bits per heavy atom. The lowest BCUT2D eigenvalue weighted by atomic mass is 9.96. The molecule has 0 aromatic rings. The summed E-state index contributed by atoms with van der Waals surface area (Å²) in [4.78, 5) is 0. The van der Waals surface area contributed by atoms with Crippen LogP contribution in [0.5, 0.6) is 0 Å². The van der Waals surface area contributed by atoms with Gasteiger partial charge < -0.3 is 0 Å². The molecule has 0 aliphatic carbocycles. The molecule has 0 N–H and O–H groups in total. The fourth-order valence-electron chi connectivity index (χ4n) is 0.784. The van der Waals surface area contributed by atoms with Crippen molar-refractivity contribution in [3.63, 3.8) is 0 Å². The van der Waals surface area contributed by atoms with Crippen molar-refractivity contribution in [2.45, 2.75) is 20.0 Å². The topological polar surface area (TPSA) is 0 Å². The quantitative estimate of drug-likeness (QED) is 0.533. The monoisotopic (exact) mass is 152 g/mol. The van der Waals surface area contributed by atoms with Crippen molar-refractivity contribution in [3.8, 4) is 0 Å². The lowest BCUT2D eigenvalue weighted by Crippen LogP contribution is -2.25. The number of allylic oxidation sites excluding steroid dienone is 1. The molecule has 0 aliphatic rings. The molecular formula is C7H11F3. The van der Waals surface area contributed by atoms with Crippen LogP contribution in [0.1, 0.15) is 13.8 Å². The maximum absolute atomic E-state index is 11.9. The number of halogens is 3. The second kappa shape index (κ2) is 3.08. The van der Waals surface area contributed by atoms with Crippen molar-refractivity contribution < 1.29 is 13.2 Å². The zero-order valence-corrected chi connectivity index (χ0v) is 6.07. The van der Waals surface area contributed by atoms with Crippen molar-refractivity contribution >= 4 is 0 Å². The second-order valence-corrected chi connectivity index (χ2v) is 2.55. The van der Waals surface area contributed by atoms with E-state index in [0.29, 0.717) is 0 Å². The van der Waals surface area contributed by atoms with E-state index in [1.54, 1.807) is 0 Å². The smallest absolute Gasteiger partial charge is 0.170 e. The normalized spacial score (nSPS) is 15.4. The van der Waals surface area contributed by atoms with Crippen molar-refractivity contribution in [1.82, 2.24) is 0 Å². The van der Waals surface area contributed by atoms with Crippen LogP contribution in [0.15, 0.2) is 12.7 Å². The van der Waals surface area contributed by atoms with Gasteiger partial charge in [-0.25, -0.2) is 0 Å². The molecule has 0 aromatic heterocycles. The minimum Gasteiger partial charge on any atom is -0.170 e. The average molecular weight is 152 g/mol. The molecule has 0 radical (unpaired) electrons. The molecule has 0 heterocycles. The van der Waals surface area contributed by atoms with Crippen molar-refractivity contribution in [2.24, 2.45) is 11.8 Å². The molecule has 0 saturated heterocycles. The summed E-state index contributed by atoms with van der Waals surface area (Å²) in [5.74, 6) is -1.79. The molecule has 10 heavy (non-hydrogen) atoms. The van der Waals surface area contributed by atoms with E-state index in [9.17, 15) is 13.2 Å². The molecule has 0 saturated carbocycles. The summed E-state index contributed by atoms with van der Waals surface area (Å²) < 4.78 is 35.7. The van der Waals surface area contributed by atoms with Crippen molar-refractivity contribution in [1.29, 1.82) is 0 Å². The summed E-state index contributed by atoms with van der Waals surface area (Å²) in [6.45, 7) is 6.18. The van der Waals surface area contributed by atoms with Crippen LogP contribution in [0, 0.1) is 11.8 Å². The number of rotatable bonds is 2. The Bertz CT molecular complexity index is 113. The fraction of sp³-hybridized carbons (Fsp3) is 0.714. The Morgan fingerprint density at radius 3 is 1.70 bits per heavy atom. The van der Waals surface area contributed by atoms with Gasteiger partial charge in [-0.2, -0.15) is 13.2 Å². The largest absolute Gasteiger partial charge is 0.395 e. The van der Waals surface area contributed by atoms with Gasteiger partial charge in [-0.15, -0.1) is 6.58 Å². The van der Waals surface area contributed by atoms with E-state index in [2.05, 4.69) is 6.58 Å². The van der Waals surface area contributed by atoms with Gasteiger partial charge in [0.2, 0.25) is 0 Å². The Hall–Kier alpha value is -0.470. The van der Waals surface area contributed by atoms with Gasteiger partial charge in [0.15, 0.2) is 0 Å². The lowest BCUT2D eigenvalue weighted by molar-refractivity contribution is -0.170. The molecule has 0 fully saturated rings. The van der Waals surface area contributed by atoms with E-state index < -0.39 is 18.0 Å². The van der Waals surface area contributed by atoms with Crippen LogP contribution >= 0.6 is 0 Å². The first-order chi connectivity index (χ1) is 4.39. The first-order valence-electron chi connectivity index (χ1n) is 3.09. The minimum atomic E-state index is -4.13. The van der Waals surface area contributed by atoms with Crippen molar-refractivity contribution in [3.05, 3.63) is 12.7 Å². The summed E-state index contributed by atoms with van der Waals surface area (Å²) in [5.41, 5.74) is 0. The van der Waals surface area contributed by atoms with E-state index >= 15 is 0 Å². The maximum atomic E-state index is 11.9. The summed E-state index contributed by atoms with van der Waals surface area (Å²) in [6, 6.07) is 0. The van der Waals surface area contributed by atoms with E-state index in [1.165, 1.54) is 13.8 Å². The number of hydrogen-bond acceptors (Lipinski definition) is 0. The Balaban J connectivity index is 4.21. The molecule has 0 rings (SSSR count). The fourth-order valence-corrected chi connectivity index (χ4v) is 0.784. The van der Waals surface area contributed by atoms with Crippen LogP contribution in [0.3, 0.4) is 0 Å². The molecule has 0 aromatic carbocycles. The van der Waals surface area contributed by atoms with Gasteiger partial charge in [-0.1, -0.05) is 19.9 Å². The molecule has 0 bridgehead atoms. The third-order valence-electron chi connectivity index (χ3n) is 1.35. The molecule has 0 nitrogen and oxygen atoms in total. The van der Waals surface area contributed by atoms with Gasteiger partial charge in [-0.3, -0.25) is 0 Å². The summed E-state index contributed by atoms with van der Waals surface area (Å²) in [6.07, 6.45) is -3.18. The van der Waals surface area contributed by atoms with Crippen LogP contribution in [0.4, 0.5) is 13.2 Å². The van der Waals surface area contributed by atoms with Crippen LogP contribution in [-0.2, 0) is 0 Å². The molecule has 3 heteroatoms. The zero-order valence-electron chi connectivity index (χ0n) is 6.07. The van der Waals surface area contributed by atoms with E-state index in [-0.39, 0.29) is 0 Å². The van der Waals surface area contributed by atoms with Gasteiger partial charge in [0.05, 0.1) is 5.92 Å². The molecule has 0 amide bonds. The highest BCUT2D eigenvalue weighted by Gasteiger charge is 2.38. The molecule has 0 unspecified atom stereocenters. The van der Waals surface area contributed by atoms with Crippen LogP contribution in [-0.4, -0.2) is 6.18 Å². The summed E-state index contributed by atoms with van der Waals surface area (Å²) in [7, 11) is 0. The number of alkyl halides is 3. The van der Waals surface area contributed by atoms with Crippen LogP contribution in [0.2, 0.25) is 0 Å². The summed E-state index contributed by atoms with van der Waals surface area (Å²) >= 11 is 0. The second-order valence-electron chi connectivity index (χ2n) is 2.55. The van der Waals surface area contributed by atoms with E-state index in [1.807, 2.05) is 0 Å². The molecule has 0 aliphatic heterocycles. The first kappa shape index (κ1) is 9.53. The third kappa shape index (κ3) is 2.42. The number of hydrogen-bond donors (Lipinski definition) is 0. The Kier molecular flexibility index (Phi) is 2.94. The standard InChI is InChI=1S/C7H11F3/c1-4-6(5(2)3)7(8,9)10/h4-6H,1H2,2-3H3/t6-/m0/s1. The SMILES string of the molecule is C=C[C@@H](C(C)C)C(F)(F)F. The molecule has 1 atom stereocenters. The predicted molar refractivity (Wildman–Crippen MR) is 34.6 cm³/mol. The highest BCUT2D eigenvalue weighted by Crippen LogP contribution is 2.32. The van der Waals surface area contributed by atoms with Crippen LogP contribution in [0.25, 0.3) is 0 Å². The highest BCUT2D eigenvalue weighted by molar-refractivity contribution is 4.86. The Morgan fingerprint density at radius 2 is 1.70 bits per heavy atom. The molecule has 0 spiro atoms. The molecule has 60 valence electrons. The van der Waals surface area contributed by atoms with E-state index in [0.717, 1.165) is 6.08 Å². The highest BCUT2D eigenvalue weighted by atomic mass is 19.4. The molecular weight excluding hydrogens is 141 g/mol.